The molecule has 1 aliphatic heterocycles. The van der Waals surface area contributed by atoms with E-state index in [-0.39, 0.29) is 17.8 Å². The van der Waals surface area contributed by atoms with E-state index in [0.717, 1.165) is 12.0 Å². The van der Waals surface area contributed by atoms with Crippen LogP contribution in [0.1, 0.15) is 18.2 Å². The average molecular weight is 345 g/mol. The van der Waals surface area contributed by atoms with E-state index in [4.69, 9.17) is 9.47 Å². The van der Waals surface area contributed by atoms with Crippen molar-refractivity contribution in [3.63, 3.8) is 0 Å². The molecule has 0 spiro atoms. The molecule has 1 unspecified atom stereocenters. The molecule has 3 heterocycles. The summed E-state index contributed by atoms with van der Waals surface area (Å²) in [6, 6.07) is 5.02. The number of anilines is 1. The molecule has 1 saturated heterocycles. The molecule has 0 amide bonds. The molecular formula is C16H16FN5O3. The molecule has 4 rings (SSSR count). The predicted octanol–water partition coefficient (Wildman–Crippen LogP) is 2.21. The first-order valence-electron chi connectivity index (χ1n) is 7.77. The number of benzene rings is 1. The number of nitrogens with zero attached hydrogens (tertiary/aromatic N) is 4. The van der Waals surface area contributed by atoms with Crippen LogP contribution in [0.4, 0.5) is 10.2 Å². The molecule has 2 N–H and O–H groups in total. The largest absolute Gasteiger partial charge is 0.504 e. The monoisotopic (exact) mass is 345 g/mol. The lowest BCUT2D eigenvalue weighted by Crippen LogP contribution is -2.24. The van der Waals surface area contributed by atoms with Gasteiger partial charge in [0, 0.05) is 13.0 Å². The number of ether oxygens (including phenoxy) is 2. The summed E-state index contributed by atoms with van der Waals surface area (Å²) in [5.74, 6) is 0.710. The first-order chi connectivity index (χ1) is 12.2. The molecular weight excluding hydrogens is 329 g/mol. The molecule has 1 atom stereocenters. The molecule has 9 heteroatoms. The maximum Gasteiger partial charge on any atom is 0.312 e. The molecule has 0 radical (unpaired) electrons. The number of fused-ring (bicyclic) bond motifs is 1. The van der Waals surface area contributed by atoms with Gasteiger partial charge in [-0.25, -0.2) is 4.98 Å². The molecule has 1 aromatic carbocycles. The highest BCUT2D eigenvalue weighted by molar-refractivity contribution is 5.82. The van der Waals surface area contributed by atoms with E-state index in [9.17, 15) is 9.50 Å². The Morgan fingerprint density at radius 2 is 2.28 bits per heavy atom. The normalized spacial score (nSPS) is 16.6. The second kappa shape index (κ2) is 6.17. The molecule has 130 valence electrons. The van der Waals surface area contributed by atoms with Crippen LogP contribution < -0.4 is 10.1 Å². The zero-order valence-electron chi connectivity index (χ0n) is 13.4. The Kier molecular flexibility index (Phi) is 3.85. The summed E-state index contributed by atoms with van der Waals surface area (Å²) in [7, 11) is 1.48. The first kappa shape index (κ1) is 15.6. The predicted molar refractivity (Wildman–Crippen MR) is 86.9 cm³/mol. The van der Waals surface area contributed by atoms with Gasteiger partial charge in [-0.05, 0) is 17.7 Å². The Bertz CT molecular complexity index is 926. The number of phenolic OH excluding ortho intramolecular Hbond substituents is 1. The lowest BCUT2D eigenvalue weighted by atomic mass is 10.2. The highest BCUT2D eigenvalue weighted by Gasteiger charge is 2.24. The lowest BCUT2D eigenvalue weighted by molar-refractivity contribution is -0.0974. The van der Waals surface area contributed by atoms with Crippen molar-refractivity contribution in [1.82, 2.24) is 19.5 Å². The molecule has 0 aliphatic carbocycles. The minimum absolute atomic E-state index is 0.0345. The van der Waals surface area contributed by atoms with Gasteiger partial charge in [0.05, 0.1) is 20.0 Å². The van der Waals surface area contributed by atoms with Crippen LogP contribution in [0, 0.1) is 6.08 Å². The molecule has 1 fully saturated rings. The van der Waals surface area contributed by atoms with Crippen LogP contribution in [0.15, 0.2) is 24.5 Å². The number of hydrogen-bond acceptors (Lipinski definition) is 7. The van der Waals surface area contributed by atoms with Gasteiger partial charge in [0.15, 0.2) is 28.5 Å². The van der Waals surface area contributed by atoms with Crippen LogP contribution in [0.5, 0.6) is 11.5 Å². The van der Waals surface area contributed by atoms with Crippen molar-refractivity contribution in [2.45, 2.75) is 19.2 Å². The van der Waals surface area contributed by atoms with Gasteiger partial charge >= 0.3 is 6.08 Å². The third-order valence-corrected chi connectivity index (χ3v) is 4.08. The fraction of sp³-hybridized carbons (Fsp3) is 0.312. The maximum absolute atomic E-state index is 13.8. The van der Waals surface area contributed by atoms with Gasteiger partial charge < -0.3 is 19.9 Å². The lowest BCUT2D eigenvalue weighted by Gasteiger charge is -2.27. The smallest absolute Gasteiger partial charge is 0.312 e. The first-order valence-corrected chi connectivity index (χ1v) is 7.77. The van der Waals surface area contributed by atoms with Gasteiger partial charge in [-0.3, -0.25) is 4.57 Å². The Morgan fingerprint density at radius 3 is 2.96 bits per heavy atom. The van der Waals surface area contributed by atoms with Gasteiger partial charge in [-0.15, -0.1) is 0 Å². The number of aromatic nitrogens is 4. The summed E-state index contributed by atoms with van der Waals surface area (Å²) in [5, 5.41) is 12.9. The van der Waals surface area contributed by atoms with Crippen molar-refractivity contribution < 1.29 is 19.0 Å². The zero-order valence-corrected chi connectivity index (χ0v) is 13.4. The highest BCUT2D eigenvalue weighted by atomic mass is 19.1. The number of rotatable bonds is 5. The molecule has 0 bridgehead atoms. The van der Waals surface area contributed by atoms with Crippen molar-refractivity contribution in [3.8, 4) is 11.5 Å². The summed E-state index contributed by atoms with van der Waals surface area (Å²) < 4.78 is 25.9. The Morgan fingerprint density at radius 1 is 1.44 bits per heavy atom. The Hall–Kier alpha value is -2.94. The van der Waals surface area contributed by atoms with E-state index < -0.39 is 6.08 Å². The van der Waals surface area contributed by atoms with Crippen LogP contribution in [0.25, 0.3) is 11.2 Å². The van der Waals surface area contributed by atoms with E-state index in [0.29, 0.717) is 30.1 Å². The van der Waals surface area contributed by atoms with Crippen molar-refractivity contribution in [3.05, 3.63) is 36.2 Å². The van der Waals surface area contributed by atoms with E-state index >= 15 is 0 Å². The van der Waals surface area contributed by atoms with Crippen LogP contribution in [-0.2, 0) is 11.3 Å². The second-order valence-corrected chi connectivity index (χ2v) is 5.64. The standard InChI is InChI=1S/C16H16FN5O3/c1-24-11-3-2-9(6-10(11)23)7-18-14-13-15(21-16(17)20-14)22(8-19-13)12-4-5-25-12/h2-3,6,8,12,23H,4-5,7H2,1H3,(H,18,20,21). The molecule has 2 aromatic heterocycles. The quantitative estimate of drug-likeness (QED) is 0.685. The van der Waals surface area contributed by atoms with Crippen molar-refractivity contribution in [2.24, 2.45) is 0 Å². The maximum atomic E-state index is 13.8. The number of imidazole rings is 1. The zero-order chi connectivity index (χ0) is 17.4. The fourth-order valence-corrected chi connectivity index (χ4v) is 2.70. The van der Waals surface area contributed by atoms with Gasteiger partial charge in [0.2, 0.25) is 0 Å². The minimum atomic E-state index is -0.839. The number of aromatic hydroxyl groups is 1. The number of nitrogens with one attached hydrogen (secondary N) is 1. The van der Waals surface area contributed by atoms with Crippen LogP contribution in [0.2, 0.25) is 0 Å². The van der Waals surface area contributed by atoms with Crippen molar-refractivity contribution >= 4 is 17.0 Å². The summed E-state index contributed by atoms with van der Waals surface area (Å²) in [5.41, 5.74) is 1.64. The highest BCUT2D eigenvalue weighted by Crippen LogP contribution is 2.29. The number of hydrogen-bond donors (Lipinski definition) is 2. The Balaban J connectivity index is 1.60. The summed E-state index contributed by atoms with van der Waals surface area (Å²) >= 11 is 0. The molecule has 1 aliphatic rings. The van der Waals surface area contributed by atoms with Gasteiger partial charge in [-0.2, -0.15) is 14.4 Å². The van der Waals surface area contributed by atoms with E-state index in [2.05, 4.69) is 20.3 Å². The van der Waals surface area contributed by atoms with E-state index in [1.54, 1.807) is 29.1 Å². The van der Waals surface area contributed by atoms with Crippen LogP contribution >= 0.6 is 0 Å². The van der Waals surface area contributed by atoms with E-state index in [1.165, 1.54) is 7.11 Å². The van der Waals surface area contributed by atoms with Crippen LogP contribution in [0.3, 0.4) is 0 Å². The fourth-order valence-electron chi connectivity index (χ4n) is 2.70. The average Bonchev–Trinajstić information content (AvgIpc) is 2.95. The third kappa shape index (κ3) is 2.82. The van der Waals surface area contributed by atoms with Gasteiger partial charge in [0.25, 0.3) is 0 Å². The van der Waals surface area contributed by atoms with Gasteiger partial charge in [-0.1, -0.05) is 6.07 Å². The number of halogens is 1. The SMILES string of the molecule is COc1ccc(CNc2nc(F)nc3c2ncn3C2CCO2)cc1O. The molecule has 3 aromatic rings. The number of methoxy groups -OCH3 is 1. The molecule has 25 heavy (non-hydrogen) atoms. The topological polar surface area (TPSA) is 94.3 Å². The van der Waals surface area contributed by atoms with Crippen LogP contribution in [-0.4, -0.2) is 38.3 Å². The molecule has 0 saturated carbocycles. The molecule has 8 nitrogen and oxygen atoms in total. The third-order valence-electron chi connectivity index (χ3n) is 4.08. The summed E-state index contributed by atoms with van der Waals surface area (Å²) in [4.78, 5) is 11.9. The Labute approximate surface area is 142 Å². The second-order valence-electron chi connectivity index (χ2n) is 5.64. The van der Waals surface area contributed by atoms with E-state index in [1.807, 2.05) is 0 Å². The van der Waals surface area contributed by atoms with Crippen molar-refractivity contribution in [2.75, 3.05) is 19.0 Å². The summed E-state index contributed by atoms with van der Waals surface area (Å²) in [6.07, 6.45) is 1.41. The number of phenols is 1. The minimum Gasteiger partial charge on any atom is -0.504 e. The van der Waals surface area contributed by atoms with Gasteiger partial charge in [0.1, 0.15) is 6.23 Å². The summed E-state index contributed by atoms with van der Waals surface area (Å²) in [6.45, 7) is 1.000. The van der Waals surface area contributed by atoms with Crippen molar-refractivity contribution in [1.29, 1.82) is 0 Å².